The van der Waals surface area contributed by atoms with E-state index >= 15 is 0 Å². The van der Waals surface area contributed by atoms with E-state index in [2.05, 4.69) is 26.1 Å². The van der Waals surface area contributed by atoms with E-state index in [1.54, 1.807) is 26.8 Å². The molecule has 5 fully saturated rings. The first-order valence-corrected chi connectivity index (χ1v) is 18.7. The van der Waals surface area contributed by atoms with Crippen molar-refractivity contribution < 1.29 is 48.1 Å². The van der Waals surface area contributed by atoms with Crippen molar-refractivity contribution in [3.05, 3.63) is 52.6 Å². The van der Waals surface area contributed by atoms with Crippen LogP contribution in [0.1, 0.15) is 108 Å². The highest BCUT2D eigenvalue weighted by molar-refractivity contribution is 6.45. The maximum Gasteiger partial charge on any atom is 0.457 e. The number of nitrogens with zero attached hydrogens (tertiary/aromatic N) is 1. The molecule has 2 aliphatic heterocycles. The van der Waals surface area contributed by atoms with E-state index in [1.807, 2.05) is 33.8 Å². The van der Waals surface area contributed by atoms with Crippen molar-refractivity contribution in [2.24, 2.45) is 17.3 Å². The van der Waals surface area contributed by atoms with Gasteiger partial charge in [-0.25, -0.2) is 9.59 Å². The normalized spacial score (nSPS) is 25.4. The molecule has 0 aromatic heterocycles. The average Bonchev–Trinajstić information content (AvgIpc) is 3.36. The number of hydrogen-bond donors (Lipinski definition) is 3. The topological polar surface area (TPSA) is 153 Å². The van der Waals surface area contributed by atoms with Gasteiger partial charge in [0.2, 0.25) is 5.91 Å². The van der Waals surface area contributed by atoms with E-state index in [0.717, 1.165) is 17.5 Å². The number of carbonyl (C=O) groups excluding carboxylic acids is 3. The molecule has 2 aromatic rings. The molecule has 1 unspecified atom stereocenters. The third kappa shape index (κ3) is 7.83. The van der Waals surface area contributed by atoms with E-state index in [1.165, 1.54) is 29.5 Å². The lowest BCUT2D eigenvalue weighted by Gasteiger charge is -2.64. The van der Waals surface area contributed by atoms with E-state index in [-0.39, 0.29) is 48.6 Å². The highest BCUT2D eigenvalue weighted by Gasteiger charge is 2.67. The quantitative estimate of drug-likeness (QED) is 0.148. The van der Waals surface area contributed by atoms with Crippen molar-refractivity contribution >= 4 is 25.1 Å². The van der Waals surface area contributed by atoms with Gasteiger partial charge in [-0.3, -0.25) is 4.79 Å². The van der Waals surface area contributed by atoms with Crippen LogP contribution in [0.15, 0.2) is 30.3 Å². The minimum absolute atomic E-state index is 0.101. The van der Waals surface area contributed by atoms with E-state index in [4.69, 9.17) is 23.5 Å². The predicted molar refractivity (Wildman–Crippen MR) is 198 cm³/mol. The van der Waals surface area contributed by atoms with Gasteiger partial charge in [-0.05, 0) is 133 Å². The Hall–Kier alpha value is -3.97. The van der Waals surface area contributed by atoms with Crippen LogP contribution in [0.4, 0.5) is 4.79 Å². The number of nitrogens with one attached hydrogen (secondary N) is 1. The first kappa shape index (κ1) is 38.7. The number of benzene rings is 2. The van der Waals surface area contributed by atoms with E-state index in [0.29, 0.717) is 35.9 Å². The molecule has 0 radical (unpaired) electrons. The summed E-state index contributed by atoms with van der Waals surface area (Å²) in [5.74, 6) is -0.230. The molecule has 3 aliphatic carbocycles. The lowest BCUT2D eigenvalue weighted by atomic mass is 9.43. The van der Waals surface area contributed by atoms with Crippen LogP contribution in [-0.2, 0) is 30.0 Å². The number of rotatable bonds is 9. The molecule has 2 aromatic carbocycles. The molecule has 5 atom stereocenters. The molecule has 288 valence electrons. The Labute approximate surface area is 313 Å². The van der Waals surface area contributed by atoms with Gasteiger partial charge in [-0.2, -0.15) is 0 Å². The van der Waals surface area contributed by atoms with Crippen LogP contribution in [0.5, 0.6) is 17.2 Å². The van der Waals surface area contributed by atoms with Crippen molar-refractivity contribution in [3.8, 4) is 17.2 Å². The smallest absolute Gasteiger partial charge is 0.457 e. The molecule has 2 amide bonds. The molecule has 3 N–H and O–H groups in total. The molecule has 0 spiro atoms. The number of alkyl carbamates (subject to hydrolysis) is 1. The summed E-state index contributed by atoms with van der Waals surface area (Å²) < 4.78 is 30.7. The summed E-state index contributed by atoms with van der Waals surface area (Å²) in [4.78, 5) is 41.7. The van der Waals surface area contributed by atoms with Gasteiger partial charge in [0.25, 0.3) is 0 Å². The zero-order chi connectivity index (χ0) is 38.8. The number of esters is 1. The Morgan fingerprint density at radius 3 is 2.28 bits per heavy atom. The molecular weight excluding hydrogens is 679 g/mol. The molecule has 2 saturated heterocycles. The predicted octanol–water partition coefficient (Wildman–Crippen LogP) is 6.49. The van der Waals surface area contributed by atoms with E-state index < -0.39 is 47.1 Å². The second-order valence-corrected chi connectivity index (χ2v) is 18.0. The summed E-state index contributed by atoms with van der Waals surface area (Å²) in [6.45, 7) is 19.7. The van der Waals surface area contributed by atoms with Gasteiger partial charge < -0.3 is 43.9 Å². The summed E-state index contributed by atoms with van der Waals surface area (Å²) in [5.41, 5.74) is 0.753. The van der Waals surface area contributed by atoms with Gasteiger partial charge >= 0.3 is 19.2 Å². The molecule has 3 saturated carbocycles. The highest BCUT2D eigenvalue weighted by atomic mass is 16.7. The number of carbonyl (C=O) groups is 3. The number of hydrogen-bond acceptors (Lipinski definition) is 10. The van der Waals surface area contributed by atoms with Crippen LogP contribution < -0.4 is 10.1 Å². The summed E-state index contributed by atoms with van der Waals surface area (Å²) >= 11 is 0. The maximum atomic E-state index is 13.7. The summed E-state index contributed by atoms with van der Waals surface area (Å²) in [6.07, 6.45) is 2.34. The third-order valence-electron chi connectivity index (χ3n) is 11.5. The van der Waals surface area contributed by atoms with Crippen LogP contribution in [0, 0.1) is 24.2 Å². The zero-order valence-electron chi connectivity index (χ0n) is 32.7. The first-order valence-electron chi connectivity index (χ1n) is 18.7. The third-order valence-corrected chi connectivity index (χ3v) is 11.5. The Morgan fingerprint density at radius 2 is 1.66 bits per heavy atom. The van der Waals surface area contributed by atoms with Crippen LogP contribution >= 0.6 is 0 Å². The van der Waals surface area contributed by atoms with Gasteiger partial charge in [-0.15, -0.1) is 0 Å². The number of likely N-dealkylation sites (tertiary alicyclic amines) is 1. The lowest BCUT2D eigenvalue weighted by molar-refractivity contribution is -0.199. The van der Waals surface area contributed by atoms with Crippen molar-refractivity contribution in [1.29, 1.82) is 0 Å². The van der Waals surface area contributed by atoms with Gasteiger partial charge in [0.15, 0.2) is 11.5 Å². The fraction of sp³-hybridized carbons (Fsp3) is 0.625. The minimum Gasteiger partial charge on any atom is -0.504 e. The van der Waals surface area contributed by atoms with Gasteiger partial charge in [0.05, 0.1) is 24.8 Å². The fourth-order valence-corrected chi connectivity index (χ4v) is 8.52. The van der Waals surface area contributed by atoms with Crippen molar-refractivity contribution in [2.75, 3.05) is 13.1 Å². The highest BCUT2D eigenvalue weighted by Crippen LogP contribution is 2.65. The van der Waals surface area contributed by atoms with Crippen molar-refractivity contribution in [1.82, 2.24) is 10.2 Å². The first-order chi connectivity index (χ1) is 24.6. The monoisotopic (exact) mass is 734 g/mol. The summed E-state index contributed by atoms with van der Waals surface area (Å²) in [7, 11) is -0.321. The number of ether oxygens (including phenoxy) is 3. The molecular formula is C40H55BN2O10. The second-order valence-electron chi connectivity index (χ2n) is 18.0. The standard InChI is InChI=1S/C40H55BN2O10/c1-22-23(15-16-41-52-31-19-25-18-30(39(25,8)9)40(31,10)53-41)12-14-29(32(22)35(47)50-37(2,3)4)49-26-20-43(21-26)34(46)33(42-36(48)51-38(5,6)7)24-11-13-27(44)28(45)17-24/h11-14,17,25-26,30-31,33,44-45H,15-16,18-21H2,1-10H3,(H,42,48)/t25-,30-,31+,33?,40-/m0/s1. The molecule has 12 nitrogen and oxygen atoms in total. The average molecular weight is 735 g/mol. The van der Waals surface area contributed by atoms with Crippen LogP contribution in [0.2, 0.25) is 6.32 Å². The van der Waals surface area contributed by atoms with Gasteiger partial charge in [-0.1, -0.05) is 26.0 Å². The number of phenols is 2. The molecule has 13 heteroatoms. The zero-order valence-corrected chi connectivity index (χ0v) is 32.7. The Kier molecular flexibility index (Phi) is 10.0. The number of phenolic OH excluding ortho intramolecular Hbond substituents is 2. The van der Waals surface area contributed by atoms with Crippen molar-refractivity contribution in [2.45, 2.75) is 130 Å². The van der Waals surface area contributed by atoms with E-state index in [9.17, 15) is 24.6 Å². The maximum absolute atomic E-state index is 13.7. The summed E-state index contributed by atoms with van der Waals surface area (Å²) in [5, 5.41) is 22.6. The SMILES string of the molecule is Cc1c(CCB2O[C@@H]3C[C@@H]4C[C@@H](C4(C)C)[C@]3(C)O2)ccc(OC2CN(C(=O)C(NC(=O)OC(C)(C)C)c3ccc(O)c(O)c3)C2)c1C(=O)OC(C)(C)C. The fourth-order valence-electron chi connectivity index (χ4n) is 8.52. The molecule has 2 bridgehead atoms. The molecule has 53 heavy (non-hydrogen) atoms. The van der Waals surface area contributed by atoms with Gasteiger partial charge in [0, 0.05) is 0 Å². The number of aromatic hydroxyl groups is 2. The lowest BCUT2D eigenvalue weighted by Crippen LogP contribution is -2.65. The van der Waals surface area contributed by atoms with Crippen LogP contribution in [0.3, 0.4) is 0 Å². The molecule has 7 rings (SSSR count). The van der Waals surface area contributed by atoms with Gasteiger partial charge in [0.1, 0.15) is 34.7 Å². The second kappa shape index (κ2) is 13.7. The molecule has 2 heterocycles. The van der Waals surface area contributed by atoms with Crippen LogP contribution in [0.25, 0.3) is 0 Å². The number of aryl methyl sites for hydroxylation is 1. The summed E-state index contributed by atoms with van der Waals surface area (Å²) in [6, 6.07) is 6.46. The Balaban J connectivity index is 1.14. The largest absolute Gasteiger partial charge is 0.504 e. The Bertz CT molecular complexity index is 1760. The van der Waals surface area contributed by atoms with Crippen molar-refractivity contribution in [3.63, 3.8) is 0 Å². The minimum atomic E-state index is -1.20. The molecule has 5 aliphatic rings. The number of amides is 2. The Morgan fingerprint density at radius 1 is 0.981 bits per heavy atom. The van der Waals surface area contributed by atoms with Crippen LogP contribution in [-0.4, -0.2) is 82.3 Å².